The van der Waals surface area contributed by atoms with Crippen molar-refractivity contribution in [1.29, 1.82) is 0 Å². The van der Waals surface area contributed by atoms with Crippen LogP contribution in [0.5, 0.6) is 11.5 Å². The summed E-state index contributed by atoms with van der Waals surface area (Å²) in [4.78, 5) is 0. The Labute approximate surface area is 122 Å². The minimum absolute atomic E-state index is 0.128. The van der Waals surface area contributed by atoms with E-state index in [2.05, 4.69) is 25.3 Å². The van der Waals surface area contributed by atoms with E-state index < -0.39 is 13.2 Å². The fourth-order valence-electron chi connectivity index (χ4n) is 1.21. The highest BCUT2D eigenvalue weighted by Crippen LogP contribution is 2.26. The van der Waals surface area contributed by atoms with Crippen LogP contribution < -0.4 is 20.2 Å². The van der Waals surface area contributed by atoms with Crippen LogP contribution in [0.15, 0.2) is 23.3 Å². The van der Waals surface area contributed by atoms with Crippen molar-refractivity contribution >= 4 is 23.5 Å². The monoisotopic (exact) mass is 325 g/mol. The summed E-state index contributed by atoms with van der Waals surface area (Å²) in [6.45, 7) is -6.19. The first-order valence-corrected chi connectivity index (χ1v) is 5.87. The molecule has 0 amide bonds. The predicted octanol–water partition coefficient (Wildman–Crippen LogP) is 2.32. The number of rotatable bonds is 6. The Hall–Kier alpha value is -2.10. The Morgan fingerprint density at radius 3 is 2.48 bits per heavy atom. The van der Waals surface area contributed by atoms with Gasteiger partial charge in [-0.1, -0.05) is 0 Å². The van der Waals surface area contributed by atoms with Crippen LogP contribution in [0.4, 0.5) is 17.6 Å². The molecule has 0 saturated heterocycles. The number of thiocarbonyl (C=S) groups is 1. The van der Waals surface area contributed by atoms with E-state index in [1.54, 1.807) is 7.05 Å². The first-order chi connectivity index (χ1) is 9.92. The number of hydrogen-bond acceptors (Lipinski definition) is 4. The normalized spacial score (nSPS) is 11.0. The molecule has 1 rings (SSSR count). The highest BCUT2D eigenvalue weighted by atomic mass is 32.1. The molecule has 10 heteroatoms. The van der Waals surface area contributed by atoms with Crippen molar-refractivity contribution in [3.05, 3.63) is 23.8 Å². The molecule has 116 valence electrons. The molecule has 5 nitrogen and oxygen atoms in total. The van der Waals surface area contributed by atoms with Gasteiger partial charge in [-0.3, -0.25) is 5.43 Å². The van der Waals surface area contributed by atoms with Crippen molar-refractivity contribution in [2.24, 2.45) is 5.10 Å². The molecule has 0 saturated carbocycles. The summed E-state index contributed by atoms with van der Waals surface area (Å²) < 4.78 is 57.1. The minimum atomic E-state index is -3.12. The third kappa shape index (κ3) is 6.25. The lowest BCUT2D eigenvalue weighted by molar-refractivity contribution is -0.0543. The van der Waals surface area contributed by atoms with Gasteiger partial charge in [-0.15, -0.1) is 0 Å². The van der Waals surface area contributed by atoms with Crippen molar-refractivity contribution in [2.45, 2.75) is 13.2 Å². The lowest BCUT2D eigenvalue weighted by atomic mass is 10.2. The first-order valence-electron chi connectivity index (χ1n) is 5.47. The van der Waals surface area contributed by atoms with Gasteiger partial charge in [0.2, 0.25) is 0 Å². The van der Waals surface area contributed by atoms with E-state index in [0.29, 0.717) is 0 Å². The standard InChI is InChI=1S/C11H11F4N3O2S/c1-16-11(21)18-17-5-6-2-3-7(19-9(12)13)4-8(6)20-10(14)15/h2-5,9-10H,1H3,(H2,16,18,21)/b17-5+. The van der Waals surface area contributed by atoms with Crippen LogP contribution in [-0.4, -0.2) is 31.6 Å². The molecule has 0 atom stereocenters. The summed E-state index contributed by atoms with van der Waals surface area (Å²) in [7, 11) is 1.56. The molecule has 0 bridgehead atoms. The fraction of sp³-hybridized carbons (Fsp3) is 0.273. The Morgan fingerprint density at radius 2 is 1.90 bits per heavy atom. The molecule has 0 aromatic heterocycles. The topological polar surface area (TPSA) is 54.9 Å². The molecule has 1 aromatic carbocycles. The van der Waals surface area contributed by atoms with E-state index in [0.717, 1.165) is 12.3 Å². The lowest BCUT2D eigenvalue weighted by Crippen LogP contribution is -2.28. The Kier molecular flexibility index (Phi) is 6.66. The predicted molar refractivity (Wildman–Crippen MR) is 72.1 cm³/mol. The maximum Gasteiger partial charge on any atom is 0.387 e. The van der Waals surface area contributed by atoms with Gasteiger partial charge in [-0.2, -0.15) is 22.7 Å². The van der Waals surface area contributed by atoms with Gasteiger partial charge in [-0.05, 0) is 24.4 Å². The fourth-order valence-corrected chi connectivity index (χ4v) is 1.26. The van der Waals surface area contributed by atoms with Crippen molar-refractivity contribution < 1.29 is 27.0 Å². The van der Waals surface area contributed by atoms with Crippen LogP contribution in [0.3, 0.4) is 0 Å². The van der Waals surface area contributed by atoms with Crippen LogP contribution in [0.25, 0.3) is 0 Å². The summed E-state index contributed by atoms with van der Waals surface area (Å²) >= 11 is 4.75. The molecular formula is C11H11F4N3O2S. The second-order valence-electron chi connectivity index (χ2n) is 3.41. The molecule has 1 aromatic rings. The molecule has 0 aliphatic carbocycles. The lowest BCUT2D eigenvalue weighted by Gasteiger charge is -2.10. The number of alkyl halides is 4. The molecule has 0 aliphatic heterocycles. The second kappa shape index (κ2) is 8.25. The van der Waals surface area contributed by atoms with Crippen molar-refractivity contribution in [3.8, 4) is 11.5 Å². The summed E-state index contributed by atoms with van der Waals surface area (Å²) in [5.41, 5.74) is 2.53. The zero-order valence-electron chi connectivity index (χ0n) is 10.6. The largest absolute Gasteiger partial charge is 0.435 e. The summed E-state index contributed by atoms with van der Waals surface area (Å²) in [5, 5.41) is 6.47. The van der Waals surface area contributed by atoms with Crippen molar-refractivity contribution in [3.63, 3.8) is 0 Å². The molecule has 0 unspecified atom stereocenters. The van der Waals surface area contributed by atoms with E-state index in [4.69, 9.17) is 12.2 Å². The molecule has 0 spiro atoms. The molecule has 21 heavy (non-hydrogen) atoms. The number of nitrogens with zero attached hydrogens (tertiary/aromatic N) is 1. The molecule has 0 heterocycles. The number of ether oxygens (including phenoxy) is 2. The summed E-state index contributed by atoms with van der Waals surface area (Å²) in [6, 6.07) is 3.32. The van der Waals surface area contributed by atoms with Gasteiger partial charge in [0.15, 0.2) is 5.11 Å². The van der Waals surface area contributed by atoms with Crippen LogP contribution in [0.2, 0.25) is 0 Å². The quantitative estimate of drug-likeness (QED) is 0.364. The van der Waals surface area contributed by atoms with Gasteiger partial charge in [0.1, 0.15) is 11.5 Å². The van der Waals surface area contributed by atoms with Gasteiger partial charge < -0.3 is 14.8 Å². The third-order valence-corrected chi connectivity index (χ3v) is 2.32. The van der Waals surface area contributed by atoms with E-state index in [1.165, 1.54) is 12.1 Å². The molecule has 0 aliphatic rings. The van der Waals surface area contributed by atoms with E-state index in [9.17, 15) is 17.6 Å². The molecular weight excluding hydrogens is 314 g/mol. The average molecular weight is 325 g/mol. The number of halogens is 4. The Morgan fingerprint density at radius 1 is 1.24 bits per heavy atom. The molecule has 0 radical (unpaired) electrons. The smallest absolute Gasteiger partial charge is 0.387 e. The summed E-state index contributed by atoms with van der Waals surface area (Å²) in [6.07, 6.45) is 1.15. The van der Waals surface area contributed by atoms with Gasteiger partial charge in [-0.25, -0.2) is 0 Å². The van der Waals surface area contributed by atoms with Gasteiger partial charge in [0, 0.05) is 18.7 Å². The van der Waals surface area contributed by atoms with Crippen molar-refractivity contribution in [2.75, 3.05) is 7.05 Å². The highest BCUT2D eigenvalue weighted by molar-refractivity contribution is 7.80. The van der Waals surface area contributed by atoms with E-state index in [-0.39, 0.29) is 22.2 Å². The number of hydrazone groups is 1. The maximum absolute atomic E-state index is 12.3. The van der Waals surface area contributed by atoms with Gasteiger partial charge in [0.05, 0.1) is 6.21 Å². The van der Waals surface area contributed by atoms with Gasteiger partial charge >= 0.3 is 13.2 Å². The van der Waals surface area contributed by atoms with Crippen LogP contribution in [0, 0.1) is 0 Å². The average Bonchev–Trinajstić information content (AvgIpc) is 2.39. The summed E-state index contributed by atoms with van der Waals surface area (Å²) in [5.74, 6) is -0.666. The van der Waals surface area contributed by atoms with E-state index >= 15 is 0 Å². The van der Waals surface area contributed by atoms with Crippen LogP contribution >= 0.6 is 12.2 Å². The third-order valence-electron chi connectivity index (χ3n) is 2.02. The zero-order valence-corrected chi connectivity index (χ0v) is 11.5. The SMILES string of the molecule is CNC(=S)N/N=C/c1ccc(OC(F)F)cc1OC(F)F. The van der Waals surface area contributed by atoms with Crippen molar-refractivity contribution in [1.82, 2.24) is 10.7 Å². The van der Waals surface area contributed by atoms with E-state index in [1.807, 2.05) is 0 Å². The number of benzene rings is 1. The maximum atomic E-state index is 12.3. The Bertz CT molecular complexity index is 514. The second-order valence-corrected chi connectivity index (χ2v) is 3.81. The number of hydrogen-bond donors (Lipinski definition) is 2. The van der Waals surface area contributed by atoms with Gasteiger partial charge in [0.25, 0.3) is 0 Å². The zero-order chi connectivity index (χ0) is 15.8. The minimum Gasteiger partial charge on any atom is -0.435 e. The van der Waals surface area contributed by atoms with Crippen LogP contribution in [0.1, 0.15) is 5.56 Å². The first kappa shape index (κ1) is 17.0. The number of nitrogens with one attached hydrogen (secondary N) is 2. The molecule has 2 N–H and O–H groups in total. The highest BCUT2D eigenvalue weighted by Gasteiger charge is 2.12. The van der Waals surface area contributed by atoms with Crippen LogP contribution in [-0.2, 0) is 0 Å². The Balaban J connectivity index is 2.93. The molecule has 0 fully saturated rings.